The number of hydrogen-bond acceptors (Lipinski definition) is 4. The summed E-state index contributed by atoms with van der Waals surface area (Å²) in [6.45, 7) is 2.62. The fourth-order valence-corrected chi connectivity index (χ4v) is 3.19. The Morgan fingerprint density at radius 2 is 1.92 bits per heavy atom. The van der Waals surface area contributed by atoms with E-state index in [9.17, 15) is 4.79 Å². The maximum Gasteiger partial charge on any atom is 0.253 e. The Bertz CT molecular complexity index is 682. The number of anilines is 1. The van der Waals surface area contributed by atoms with Gasteiger partial charge in [0.15, 0.2) is 0 Å². The predicted octanol–water partition coefficient (Wildman–Crippen LogP) is 3.55. The summed E-state index contributed by atoms with van der Waals surface area (Å²) in [5, 5.41) is 2.90. The molecule has 1 aliphatic rings. The van der Waals surface area contributed by atoms with Gasteiger partial charge in [0.1, 0.15) is 5.82 Å². The van der Waals surface area contributed by atoms with Gasteiger partial charge in [-0.05, 0) is 46.5 Å². The smallest absolute Gasteiger partial charge is 0.253 e. The molecule has 0 aliphatic carbocycles. The van der Waals surface area contributed by atoms with Crippen LogP contribution in [0.25, 0.3) is 0 Å². The van der Waals surface area contributed by atoms with Crippen molar-refractivity contribution in [2.24, 2.45) is 0 Å². The first-order chi connectivity index (χ1) is 11.7. The topological polar surface area (TPSA) is 58.1 Å². The molecule has 0 aromatic carbocycles. The first-order valence-electron chi connectivity index (χ1n) is 8.31. The molecule has 0 radical (unpaired) electrons. The Morgan fingerprint density at radius 1 is 1.12 bits per heavy atom. The number of carbonyl (C=O) groups is 1. The fraction of sp³-hybridized carbons (Fsp3) is 0.389. The van der Waals surface area contributed by atoms with Gasteiger partial charge in [-0.2, -0.15) is 0 Å². The van der Waals surface area contributed by atoms with E-state index in [1.807, 2.05) is 18.3 Å². The molecular weight excluding hydrogens is 368 g/mol. The quantitative estimate of drug-likeness (QED) is 0.869. The summed E-state index contributed by atoms with van der Waals surface area (Å²) in [6.07, 6.45) is 10.2. The molecule has 1 saturated heterocycles. The molecular formula is C18H21BrN4O. The van der Waals surface area contributed by atoms with E-state index in [0.717, 1.165) is 28.9 Å². The van der Waals surface area contributed by atoms with E-state index >= 15 is 0 Å². The van der Waals surface area contributed by atoms with Gasteiger partial charge in [-0.15, -0.1) is 0 Å². The average molecular weight is 389 g/mol. The van der Waals surface area contributed by atoms with Crippen molar-refractivity contribution < 1.29 is 4.79 Å². The molecule has 126 valence electrons. The summed E-state index contributed by atoms with van der Waals surface area (Å²) in [6, 6.07) is 5.84. The van der Waals surface area contributed by atoms with Crippen LogP contribution < -0.4 is 10.2 Å². The number of aromatic nitrogens is 2. The molecule has 3 rings (SSSR count). The van der Waals surface area contributed by atoms with Crippen molar-refractivity contribution in [1.29, 1.82) is 0 Å². The van der Waals surface area contributed by atoms with E-state index in [1.165, 1.54) is 25.7 Å². The lowest BCUT2D eigenvalue weighted by Crippen LogP contribution is -2.25. The summed E-state index contributed by atoms with van der Waals surface area (Å²) in [5.41, 5.74) is 1.53. The highest BCUT2D eigenvalue weighted by atomic mass is 79.9. The Kier molecular flexibility index (Phi) is 5.80. The lowest BCUT2D eigenvalue weighted by molar-refractivity contribution is 0.0950. The maximum absolute atomic E-state index is 12.1. The van der Waals surface area contributed by atoms with E-state index in [4.69, 9.17) is 0 Å². The van der Waals surface area contributed by atoms with Crippen molar-refractivity contribution in [1.82, 2.24) is 15.3 Å². The van der Waals surface area contributed by atoms with Gasteiger partial charge in [0.05, 0.1) is 5.56 Å². The van der Waals surface area contributed by atoms with Crippen LogP contribution in [-0.4, -0.2) is 29.0 Å². The molecule has 0 spiro atoms. The number of hydrogen-bond donors (Lipinski definition) is 1. The van der Waals surface area contributed by atoms with Gasteiger partial charge in [0.2, 0.25) is 0 Å². The molecule has 1 fully saturated rings. The highest BCUT2D eigenvalue weighted by Crippen LogP contribution is 2.17. The van der Waals surface area contributed by atoms with Crippen molar-refractivity contribution in [2.45, 2.75) is 32.2 Å². The third-order valence-corrected chi connectivity index (χ3v) is 4.59. The zero-order valence-electron chi connectivity index (χ0n) is 13.5. The number of pyridine rings is 2. The van der Waals surface area contributed by atoms with Crippen LogP contribution in [0.5, 0.6) is 0 Å². The lowest BCUT2D eigenvalue weighted by atomic mass is 10.2. The van der Waals surface area contributed by atoms with E-state index in [0.29, 0.717) is 12.1 Å². The third kappa shape index (κ3) is 4.54. The van der Waals surface area contributed by atoms with Crippen LogP contribution in [-0.2, 0) is 6.54 Å². The first-order valence-corrected chi connectivity index (χ1v) is 9.10. The van der Waals surface area contributed by atoms with Gasteiger partial charge in [0, 0.05) is 42.7 Å². The lowest BCUT2D eigenvalue weighted by Gasteiger charge is -2.21. The molecule has 6 heteroatoms. The molecule has 5 nitrogen and oxygen atoms in total. The summed E-state index contributed by atoms with van der Waals surface area (Å²) >= 11 is 3.32. The van der Waals surface area contributed by atoms with Gasteiger partial charge < -0.3 is 10.2 Å². The number of carbonyl (C=O) groups excluding carboxylic acids is 1. The number of halogens is 1. The third-order valence-electron chi connectivity index (χ3n) is 4.16. The van der Waals surface area contributed by atoms with Crippen molar-refractivity contribution in [3.8, 4) is 0 Å². The van der Waals surface area contributed by atoms with E-state index in [1.54, 1.807) is 18.5 Å². The van der Waals surface area contributed by atoms with Crippen molar-refractivity contribution in [3.05, 3.63) is 52.4 Å². The number of nitrogens with one attached hydrogen (secondary N) is 1. The Morgan fingerprint density at radius 3 is 2.58 bits per heavy atom. The number of amides is 1. The second-order valence-corrected chi connectivity index (χ2v) is 6.92. The summed E-state index contributed by atoms with van der Waals surface area (Å²) < 4.78 is 0.790. The molecule has 3 heterocycles. The Hall–Kier alpha value is -1.95. The molecule has 24 heavy (non-hydrogen) atoms. The minimum Gasteiger partial charge on any atom is -0.357 e. The van der Waals surface area contributed by atoms with Gasteiger partial charge in [-0.1, -0.05) is 18.9 Å². The van der Waals surface area contributed by atoms with Gasteiger partial charge in [-0.25, -0.2) is 4.98 Å². The first kappa shape index (κ1) is 16.9. The molecule has 2 aromatic heterocycles. The molecule has 0 bridgehead atoms. The van der Waals surface area contributed by atoms with Crippen molar-refractivity contribution in [3.63, 3.8) is 0 Å². The van der Waals surface area contributed by atoms with Crippen LogP contribution in [0.1, 0.15) is 41.6 Å². The van der Waals surface area contributed by atoms with Crippen LogP contribution in [0.3, 0.4) is 0 Å². The zero-order valence-corrected chi connectivity index (χ0v) is 15.1. The van der Waals surface area contributed by atoms with Crippen molar-refractivity contribution in [2.75, 3.05) is 18.0 Å². The molecule has 0 atom stereocenters. The molecule has 0 saturated carbocycles. The minimum absolute atomic E-state index is 0.139. The van der Waals surface area contributed by atoms with Crippen LogP contribution in [0.2, 0.25) is 0 Å². The molecule has 1 N–H and O–H groups in total. The summed E-state index contributed by atoms with van der Waals surface area (Å²) in [5.74, 6) is 0.892. The highest BCUT2D eigenvalue weighted by Gasteiger charge is 2.11. The minimum atomic E-state index is -0.139. The van der Waals surface area contributed by atoms with E-state index in [-0.39, 0.29) is 5.91 Å². The second kappa shape index (κ2) is 8.24. The van der Waals surface area contributed by atoms with Crippen LogP contribution >= 0.6 is 15.9 Å². The van der Waals surface area contributed by atoms with Gasteiger partial charge >= 0.3 is 0 Å². The molecule has 0 unspecified atom stereocenters. The number of rotatable bonds is 4. The van der Waals surface area contributed by atoms with Gasteiger partial charge in [-0.3, -0.25) is 9.78 Å². The van der Waals surface area contributed by atoms with E-state index in [2.05, 4.69) is 36.1 Å². The fourth-order valence-electron chi connectivity index (χ4n) is 2.83. The van der Waals surface area contributed by atoms with Crippen LogP contribution in [0.4, 0.5) is 5.82 Å². The number of nitrogens with zero attached hydrogens (tertiary/aromatic N) is 3. The molecule has 1 aliphatic heterocycles. The monoisotopic (exact) mass is 388 g/mol. The van der Waals surface area contributed by atoms with E-state index < -0.39 is 0 Å². The summed E-state index contributed by atoms with van der Waals surface area (Å²) in [4.78, 5) is 23.0. The van der Waals surface area contributed by atoms with Crippen molar-refractivity contribution >= 4 is 27.7 Å². The van der Waals surface area contributed by atoms with Crippen LogP contribution in [0.15, 0.2) is 41.3 Å². The Balaban J connectivity index is 1.57. The SMILES string of the molecule is O=C(NCc1ccc(N2CCCCCC2)nc1)c1cncc(Br)c1. The Labute approximate surface area is 150 Å². The summed E-state index contributed by atoms with van der Waals surface area (Å²) in [7, 11) is 0. The normalized spacial score (nSPS) is 15.0. The largest absolute Gasteiger partial charge is 0.357 e. The standard InChI is InChI=1S/C18H21BrN4O/c19-16-9-15(12-20-13-16)18(24)22-11-14-5-6-17(21-10-14)23-7-3-1-2-4-8-23/h5-6,9-10,12-13H,1-4,7-8,11H2,(H,22,24). The second-order valence-electron chi connectivity index (χ2n) is 6.00. The highest BCUT2D eigenvalue weighted by molar-refractivity contribution is 9.10. The van der Waals surface area contributed by atoms with Crippen LogP contribution in [0, 0.1) is 0 Å². The zero-order chi connectivity index (χ0) is 16.8. The average Bonchev–Trinajstić information content (AvgIpc) is 2.89. The maximum atomic E-state index is 12.1. The molecule has 2 aromatic rings. The molecule has 1 amide bonds. The van der Waals surface area contributed by atoms with Gasteiger partial charge in [0.25, 0.3) is 5.91 Å². The predicted molar refractivity (Wildman–Crippen MR) is 98.0 cm³/mol.